The van der Waals surface area contributed by atoms with E-state index in [1.54, 1.807) is 12.0 Å². The fourth-order valence-electron chi connectivity index (χ4n) is 3.96. The van der Waals surface area contributed by atoms with Crippen LogP contribution in [0.3, 0.4) is 0 Å². The van der Waals surface area contributed by atoms with Gasteiger partial charge < -0.3 is 24.4 Å². The van der Waals surface area contributed by atoms with Gasteiger partial charge >= 0.3 is 18.0 Å². The Hall–Kier alpha value is -3.03. The summed E-state index contributed by atoms with van der Waals surface area (Å²) in [6.45, 7) is 14.4. The summed E-state index contributed by atoms with van der Waals surface area (Å²) in [6.07, 6.45) is 3.22. The first kappa shape index (κ1) is 27.2. The van der Waals surface area contributed by atoms with Crippen molar-refractivity contribution in [2.75, 3.05) is 25.5 Å². The standard InChI is InChI=1S/C26H38N2O6/c1-9-28(10-2)25(31)27-22-18(13-11-16(3)12-14-20(29)34-26(5,6)7)23(32-8)17(4)19-15-33-24(30)21(19)22/h11H,9-10,12-15H2,1-8H3,(H,27,31). The van der Waals surface area contributed by atoms with Gasteiger partial charge in [-0.2, -0.15) is 0 Å². The number of benzene rings is 1. The molecule has 0 saturated heterocycles. The second-order valence-electron chi connectivity index (χ2n) is 9.38. The molecule has 1 aliphatic rings. The van der Waals surface area contributed by atoms with Gasteiger partial charge in [-0.1, -0.05) is 11.6 Å². The maximum Gasteiger partial charge on any atom is 0.341 e. The molecule has 8 nitrogen and oxygen atoms in total. The largest absolute Gasteiger partial charge is 0.496 e. The van der Waals surface area contributed by atoms with Gasteiger partial charge in [0.2, 0.25) is 0 Å². The number of hydrogen-bond donors (Lipinski definition) is 1. The molecule has 188 valence electrons. The molecule has 0 unspecified atom stereocenters. The van der Waals surface area contributed by atoms with Crippen LogP contribution in [-0.4, -0.2) is 48.7 Å². The van der Waals surface area contributed by atoms with E-state index in [0.29, 0.717) is 48.5 Å². The third kappa shape index (κ3) is 6.52. The normalized spacial score (nSPS) is 13.3. The van der Waals surface area contributed by atoms with E-state index in [1.165, 1.54) is 0 Å². The summed E-state index contributed by atoms with van der Waals surface area (Å²) < 4.78 is 16.4. The first-order valence-electron chi connectivity index (χ1n) is 11.8. The highest BCUT2D eigenvalue weighted by atomic mass is 16.6. The summed E-state index contributed by atoms with van der Waals surface area (Å²) >= 11 is 0. The number of ether oxygens (including phenoxy) is 3. The zero-order chi connectivity index (χ0) is 25.6. The minimum atomic E-state index is -0.517. The second kappa shape index (κ2) is 11.4. The molecular formula is C26H38N2O6. The Labute approximate surface area is 202 Å². The molecule has 0 aliphatic carbocycles. The number of anilines is 1. The van der Waals surface area contributed by atoms with Crippen molar-refractivity contribution in [1.82, 2.24) is 4.90 Å². The summed E-state index contributed by atoms with van der Waals surface area (Å²) in [5.41, 5.74) is 3.53. The minimum Gasteiger partial charge on any atom is -0.496 e. The lowest BCUT2D eigenvalue weighted by atomic mass is 9.93. The van der Waals surface area contributed by atoms with Crippen molar-refractivity contribution in [2.24, 2.45) is 0 Å². The van der Waals surface area contributed by atoms with Crippen molar-refractivity contribution in [2.45, 2.75) is 79.9 Å². The quantitative estimate of drug-likeness (QED) is 0.393. The Morgan fingerprint density at radius 2 is 1.82 bits per heavy atom. The van der Waals surface area contributed by atoms with Crippen LogP contribution in [-0.2, 0) is 27.3 Å². The zero-order valence-electron chi connectivity index (χ0n) is 21.7. The SMILES string of the molecule is CCN(CC)C(=O)Nc1c(CC=C(C)CCC(=O)OC(C)(C)C)c(OC)c(C)c2c1C(=O)OC2. The lowest BCUT2D eigenvalue weighted by molar-refractivity contribution is -0.154. The van der Waals surface area contributed by atoms with E-state index in [-0.39, 0.29) is 25.0 Å². The zero-order valence-corrected chi connectivity index (χ0v) is 21.7. The van der Waals surface area contributed by atoms with E-state index in [9.17, 15) is 14.4 Å². The van der Waals surface area contributed by atoms with Crippen molar-refractivity contribution in [1.29, 1.82) is 0 Å². The van der Waals surface area contributed by atoms with Gasteiger partial charge in [0.25, 0.3) is 0 Å². The average Bonchev–Trinajstić information content (AvgIpc) is 3.14. The molecule has 0 saturated carbocycles. The third-order valence-corrected chi connectivity index (χ3v) is 5.76. The molecule has 0 spiro atoms. The molecular weight excluding hydrogens is 436 g/mol. The second-order valence-corrected chi connectivity index (χ2v) is 9.38. The van der Waals surface area contributed by atoms with Gasteiger partial charge in [-0.3, -0.25) is 4.79 Å². The maximum absolute atomic E-state index is 12.9. The van der Waals surface area contributed by atoms with E-state index >= 15 is 0 Å². The number of allylic oxidation sites excluding steroid dienone is 2. The lowest BCUT2D eigenvalue weighted by Gasteiger charge is -2.23. The molecule has 0 atom stereocenters. The summed E-state index contributed by atoms with van der Waals surface area (Å²) in [6, 6.07) is -0.287. The number of carbonyl (C=O) groups is 3. The van der Waals surface area contributed by atoms with Gasteiger partial charge in [0, 0.05) is 30.6 Å². The molecule has 34 heavy (non-hydrogen) atoms. The van der Waals surface area contributed by atoms with Crippen molar-refractivity contribution >= 4 is 23.7 Å². The highest BCUT2D eigenvalue weighted by molar-refractivity contribution is 6.05. The van der Waals surface area contributed by atoms with E-state index in [4.69, 9.17) is 14.2 Å². The summed E-state index contributed by atoms with van der Waals surface area (Å²) in [5.74, 6) is -0.0910. The molecule has 1 aromatic carbocycles. The van der Waals surface area contributed by atoms with Gasteiger partial charge in [-0.15, -0.1) is 0 Å². The van der Waals surface area contributed by atoms with Gasteiger partial charge in [0.15, 0.2) is 0 Å². The smallest absolute Gasteiger partial charge is 0.341 e. The highest BCUT2D eigenvalue weighted by Crippen LogP contribution is 2.41. The molecule has 8 heteroatoms. The van der Waals surface area contributed by atoms with Crippen LogP contribution in [0.25, 0.3) is 0 Å². The minimum absolute atomic E-state index is 0.148. The van der Waals surface area contributed by atoms with Crippen LogP contribution in [0.2, 0.25) is 0 Å². The van der Waals surface area contributed by atoms with Crippen molar-refractivity contribution in [3.05, 3.63) is 33.9 Å². The Morgan fingerprint density at radius 1 is 1.18 bits per heavy atom. The lowest BCUT2D eigenvalue weighted by Crippen LogP contribution is -2.35. The molecule has 2 amide bonds. The number of cyclic esters (lactones) is 1. The van der Waals surface area contributed by atoms with Crippen LogP contribution < -0.4 is 10.1 Å². The Balaban J connectivity index is 2.40. The molecule has 1 aliphatic heterocycles. The van der Waals surface area contributed by atoms with Crippen LogP contribution in [0.15, 0.2) is 11.6 Å². The van der Waals surface area contributed by atoms with Crippen LogP contribution in [0.1, 0.15) is 81.4 Å². The van der Waals surface area contributed by atoms with Crippen LogP contribution in [0.5, 0.6) is 5.75 Å². The topological polar surface area (TPSA) is 94.2 Å². The van der Waals surface area contributed by atoms with Crippen molar-refractivity contribution in [3.63, 3.8) is 0 Å². The monoisotopic (exact) mass is 474 g/mol. The Bertz CT molecular complexity index is 971. The molecule has 1 heterocycles. The number of nitrogens with zero attached hydrogens (tertiary/aromatic N) is 1. The predicted molar refractivity (Wildman–Crippen MR) is 131 cm³/mol. The molecule has 2 rings (SSSR count). The van der Waals surface area contributed by atoms with Gasteiger partial charge in [0.1, 0.15) is 18.0 Å². The molecule has 0 bridgehead atoms. The molecule has 0 aromatic heterocycles. The van der Waals surface area contributed by atoms with Crippen LogP contribution >= 0.6 is 0 Å². The molecule has 0 radical (unpaired) electrons. The van der Waals surface area contributed by atoms with Gasteiger partial charge in [-0.05, 0) is 66.9 Å². The molecule has 1 aromatic rings. The van der Waals surface area contributed by atoms with E-state index in [2.05, 4.69) is 5.32 Å². The molecule has 1 N–H and O–H groups in total. The van der Waals surface area contributed by atoms with Gasteiger partial charge in [-0.25, -0.2) is 9.59 Å². The van der Waals surface area contributed by atoms with Crippen LogP contribution in [0, 0.1) is 6.92 Å². The van der Waals surface area contributed by atoms with Crippen molar-refractivity contribution in [3.8, 4) is 5.75 Å². The molecule has 0 fully saturated rings. The fourth-order valence-corrected chi connectivity index (χ4v) is 3.96. The number of hydrogen-bond acceptors (Lipinski definition) is 6. The summed E-state index contributed by atoms with van der Waals surface area (Å²) in [5, 5.41) is 2.95. The summed E-state index contributed by atoms with van der Waals surface area (Å²) in [7, 11) is 1.57. The van der Waals surface area contributed by atoms with E-state index in [1.807, 2.05) is 54.5 Å². The Morgan fingerprint density at radius 3 is 2.38 bits per heavy atom. The van der Waals surface area contributed by atoms with E-state index < -0.39 is 11.6 Å². The maximum atomic E-state index is 12.9. The number of urea groups is 1. The number of fused-ring (bicyclic) bond motifs is 1. The van der Waals surface area contributed by atoms with E-state index in [0.717, 1.165) is 16.7 Å². The number of carbonyl (C=O) groups excluding carboxylic acids is 3. The first-order chi connectivity index (χ1) is 15.9. The fraction of sp³-hybridized carbons (Fsp3) is 0.577. The van der Waals surface area contributed by atoms with Crippen LogP contribution in [0.4, 0.5) is 10.5 Å². The highest BCUT2D eigenvalue weighted by Gasteiger charge is 2.33. The van der Waals surface area contributed by atoms with Gasteiger partial charge in [0.05, 0.1) is 18.4 Å². The Kier molecular flexibility index (Phi) is 9.13. The van der Waals surface area contributed by atoms with Crippen molar-refractivity contribution < 1.29 is 28.6 Å². The third-order valence-electron chi connectivity index (χ3n) is 5.76. The number of rotatable bonds is 9. The predicted octanol–water partition coefficient (Wildman–Crippen LogP) is 5.16. The number of esters is 2. The number of amides is 2. The number of nitrogens with one attached hydrogen (secondary N) is 1. The average molecular weight is 475 g/mol. The summed E-state index contributed by atoms with van der Waals surface area (Å²) in [4.78, 5) is 39.2. The number of methoxy groups -OCH3 is 1. The first-order valence-corrected chi connectivity index (χ1v) is 11.8.